The molecule has 1 fully saturated rings. The summed E-state index contributed by atoms with van der Waals surface area (Å²) in [5.41, 5.74) is 0. The average molecular weight is 1460 g/mol. The summed E-state index contributed by atoms with van der Waals surface area (Å²) in [6.45, 7) is 0. The van der Waals surface area contributed by atoms with Crippen molar-refractivity contribution in [1.29, 1.82) is 0 Å². The predicted octanol–water partition coefficient (Wildman–Crippen LogP) is 10.7. The zero-order valence-corrected chi connectivity index (χ0v) is 66.2. The fourth-order valence-electron chi connectivity index (χ4n) is 21.5. The van der Waals surface area contributed by atoms with Crippen molar-refractivity contribution in [3.63, 3.8) is 0 Å². The molecule has 0 aromatic heterocycles. The summed E-state index contributed by atoms with van der Waals surface area (Å²) in [4.78, 5) is 0. The first-order chi connectivity index (χ1) is 51.7. The van der Waals surface area contributed by atoms with E-state index < -0.39 is 56.9 Å². The third-order valence-electron chi connectivity index (χ3n) is 23.8. The Balaban J connectivity index is 1.47. The minimum atomic E-state index is -4.52. The number of hydrogen-bond acceptors (Lipinski definition) is 0. The average Bonchev–Trinajstić information content (AvgIpc) is 0.597. The van der Waals surface area contributed by atoms with Crippen molar-refractivity contribution in [1.82, 2.24) is 0 Å². The van der Waals surface area contributed by atoms with E-state index in [1.165, 1.54) is 83.0 Å². The van der Waals surface area contributed by atoms with Crippen LogP contribution in [0.2, 0.25) is 0 Å². The molecule has 1 heterocycles. The molecule has 496 valence electrons. The minimum absolute atomic E-state index is 1.50. The lowest BCUT2D eigenvalue weighted by atomic mass is 10.4. The van der Waals surface area contributed by atoms with Crippen LogP contribution in [0.4, 0.5) is 0 Å². The van der Waals surface area contributed by atoms with Crippen molar-refractivity contribution < 1.29 is 0 Å². The van der Waals surface area contributed by atoms with Gasteiger partial charge in [0, 0.05) is 0 Å². The van der Waals surface area contributed by atoms with Crippen molar-refractivity contribution in [3.8, 4) is 0 Å². The van der Waals surface area contributed by atoms with Crippen LogP contribution in [0.3, 0.4) is 0 Å². The number of rotatable bonds is 16. The van der Waals surface area contributed by atoms with Gasteiger partial charge in [0.15, 0.2) is 0 Å². The second-order valence-corrected chi connectivity index (χ2v) is 97.1. The molecular formula is C96H80Si8. The maximum atomic E-state index is 2.74. The van der Waals surface area contributed by atoms with Crippen molar-refractivity contribution >= 4 is 140 Å². The van der Waals surface area contributed by atoms with E-state index in [0.29, 0.717) is 0 Å². The van der Waals surface area contributed by atoms with Gasteiger partial charge in [-0.3, -0.25) is 0 Å². The van der Waals surface area contributed by atoms with Gasteiger partial charge in [0.25, 0.3) is 0 Å². The fourth-order valence-corrected chi connectivity index (χ4v) is 315. The molecule has 0 amide bonds. The third kappa shape index (κ3) is 9.14. The van der Waals surface area contributed by atoms with E-state index in [9.17, 15) is 0 Å². The molecule has 1 aliphatic rings. The van der Waals surface area contributed by atoms with Gasteiger partial charge in [-0.25, -0.2) is 0 Å². The Hall–Kier alpha value is -10.7. The highest BCUT2D eigenvalue weighted by molar-refractivity contribution is 8.28. The molecule has 17 rings (SSSR count). The topological polar surface area (TPSA) is 0 Å². The standard InChI is InChI=1S/C96H80Si8/c1-17-49-81(50-18-1)97(82-51-19-2-20-52-82)98(83-53-21-3-22-54-83,84-55-23-4-24-56-84)100(87-61-29-7-30-62-87,88-63-31-8-32-64-88)102(91-69-37-11-38-70-91,92-71-39-12-40-72-92)104(95-77-45-15-46-78-95,96-79-47-16-48-80-96)103(93-73-41-13-42-74-93,94-75-43-14-44-76-94)101(89-65-33-9-34-66-89,90-67-35-10-36-68-90)99(97,85-57-25-5-26-58-85)86-59-27-6-28-60-86/h1-80H. The van der Waals surface area contributed by atoms with Crippen LogP contribution in [0.25, 0.3) is 0 Å². The normalized spacial score (nSPS) is 16.3. The van der Waals surface area contributed by atoms with Gasteiger partial charge in [0.1, 0.15) is 56.9 Å². The quantitative estimate of drug-likeness (QED) is 0.0846. The molecule has 0 aliphatic carbocycles. The van der Waals surface area contributed by atoms with E-state index >= 15 is 0 Å². The van der Waals surface area contributed by atoms with Gasteiger partial charge in [-0.1, -0.05) is 568 Å². The van der Waals surface area contributed by atoms with Crippen LogP contribution in [-0.4, -0.2) is 56.9 Å². The van der Waals surface area contributed by atoms with Crippen LogP contribution < -0.4 is 83.0 Å². The first-order valence-electron chi connectivity index (χ1n) is 36.6. The summed E-state index contributed by atoms with van der Waals surface area (Å²) in [7, 11) is -36.2. The monoisotopic (exact) mass is 1460 g/mol. The van der Waals surface area contributed by atoms with E-state index in [-0.39, 0.29) is 0 Å². The molecule has 0 spiro atoms. The van der Waals surface area contributed by atoms with E-state index in [4.69, 9.17) is 0 Å². The van der Waals surface area contributed by atoms with E-state index in [1.54, 1.807) is 0 Å². The highest BCUT2D eigenvalue weighted by atomic mass is 30.2. The summed E-state index contributed by atoms with van der Waals surface area (Å²) < 4.78 is 0. The molecule has 8 heteroatoms. The van der Waals surface area contributed by atoms with Crippen molar-refractivity contribution in [3.05, 3.63) is 485 Å². The molecule has 1 saturated heterocycles. The predicted molar refractivity (Wildman–Crippen MR) is 463 cm³/mol. The molecule has 0 unspecified atom stereocenters. The third-order valence-corrected chi connectivity index (χ3v) is 179. The molecule has 0 bridgehead atoms. The highest BCUT2D eigenvalue weighted by Crippen LogP contribution is 2.52. The van der Waals surface area contributed by atoms with Crippen molar-refractivity contribution in [2.45, 2.75) is 0 Å². The van der Waals surface area contributed by atoms with Gasteiger partial charge in [-0.05, 0) is 0 Å². The zero-order valence-electron chi connectivity index (χ0n) is 58.2. The fraction of sp³-hybridized carbons (Fsp3) is 0. The van der Waals surface area contributed by atoms with Crippen molar-refractivity contribution in [2.24, 2.45) is 0 Å². The maximum absolute atomic E-state index is 4.52. The van der Waals surface area contributed by atoms with Gasteiger partial charge < -0.3 is 0 Å². The smallest absolute Gasteiger partial charge is 0.0631 e. The summed E-state index contributed by atoms with van der Waals surface area (Å²) in [5, 5.41) is 24.0. The molecule has 16 aromatic carbocycles. The summed E-state index contributed by atoms with van der Waals surface area (Å²) >= 11 is 0. The molecule has 0 nitrogen and oxygen atoms in total. The Labute approximate surface area is 620 Å². The van der Waals surface area contributed by atoms with Crippen LogP contribution in [0, 0.1) is 0 Å². The molecule has 1 aliphatic heterocycles. The molecule has 0 atom stereocenters. The molecule has 0 radical (unpaired) electrons. The van der Waals surface area contributed by atoms with E-state index in [0.717, 1.165) is 0 Å². The Morgan fingerprint density at radius 3 is 0.163 bits per heavy atom. The van der Waals surface area contributed by atoms with Gasteiger partial charge in [-0.2, -0.15) is 0 Å². The second-order valence-electron chi connectivity index (χ2n) is 27.9. The first kappa shape index (κ1) is 66.5. The maximum Gasteiger partial charge on any atom is 0.121 e. The largest absolute Gasteiger partial charge is 0.121 e. The van der Waals surface area contributed by atoms with Crippen LogP contribution in [0.1, 0.15) is 0 Å². The molecule has 0 N–H and O–H groups in total. The van der Waals surface area contributed by atoms with E-state index in [1.807, 2.05) is 0 Å². The van der Waals surface area contributed by atoms with Gasteiger partial charge in [0.05, 0.1) is 0 Å². The van der Waals surface area contributed by atoms with E-state index in [2.05, 4.69) is 485 Å². The molecule has 16 aromatic rings. The van der Waals surface area contributed by atoms with Crippen LogP contribution in [-0.2, 0) is 0 Å². The minimum Gasteiger partial charge on any atom is -0.0631 e. The van der Waals surface area contributed by atoms with Crippen LogP contribution >= 0.6 is 0 Å². The zero-order chi connectivity index (χ0) is 69.8. The van der Waals surface area contributed by atoms with Gasteiger partial charge in [-0.15, -0.1) is 0 Å². The lowest BCUT2D eigenvalue weighted by Crippen LogP contribution is -3.25. The Kier molecular flexibility index (Phi) is 18.0. The highest BCUT2D eigenvalue weighted by Gasteiger charge is 2.96. The summed E-state index contributed by atoms with van der Waals surface area (Å²) in [5.74, 6) is 0. The number of hydrogen-bond donors (Lipinski definition) is 0. The Morgan fingerprint density at radius 1 is 0.0673 bits per heavy atom. The first-order valence-corrected chi connectivity index (χ1v) is 60.6. The molecule has 104 heavy (non-hydrogen) atoms. The number of benzene rings is 16. The van der Waals surface area contributed by atoms with Gasteiger partial charge in [0.2, 0.25) is 0 Å². The molecular weight excluding hydrogens is 1380 g/mol. The summed E-state index contributed by atoms with van der Waals surface area (Å²) in [6, 6.07) is 204. The SMILES string of the molecule is c1ccc([Si]2(c3ccccc3)[Si](c3ccccc3)(c3ccccc3)[Si](c3ccccc3)(c3ccccc3)[Si](c3ccccc3)(c3ccccc3)[Si](c3ccccc3)(c3ccccc3)[Si](c3ccccc3)(c3ccccc3)[Si](c3ccccc3)(c3ccccc3)[Si]2(c2ccccc2)c2ccccc2)cc1. The second kappa shape index (κ2) is 28.1. The lowest BCUT2D eigenvalue weighted by molar-refractivity contribution is 1.67. The Morgan fingerprint density at radius 2 is 0.115 bits per heavy atom. The molecule has 0 saturated carbocycles. The summed E-state index contributed by atoms with van der Waals surface area (Å²) in [6.07, 6.45) is 0. The Bertz CT molecular complexity index is 4050. The lowest BCUT2D eigenvalue weighted by Gasteiger charge is -2.79. The van der Waals surface area contributed by atoms with Crippen molar-refractivity contribution in [2.75, 3.05) is 0 Å². The van der Waals surface area contributed by atoms with Gasteiger partial charge >= 0.3 is 0 Å². The van der Waals surface area contributed by atoms with Crippen LogP contribution in [0.15, 0.2) is 485 Å². The van der Waals surface area contributed by atoms with Crippen LogP contribution in [0.5, 0.6) is 0 Å².